The largest absolute Gasteiger partial charge is 0.370 e. The maximum atomic E-state index is 6.07. The van der Waals surface area contributed by atoms with E-state index in [1.807, 2.05) is 53.1 Å². The molecule has 22 heavy (non-hydrogen) atoms. The number of guanidine groups is 1. The quantitative estimate of drug-likeness (QED) is 0.657. The Morgan fingerprint density at radius 1 is 1.27 bits per heavy atom. The van der Waals surface area contributed by atoms with Crippen LogP contribution in [-0.4, -0.2) is 45.2 Å². The van der Waals surface area contributed by atoms with Crippen molar-refractivity contribution >= 4 is 33.7 Å². The lowest BCUT2D eigenvalue weighted by Gasteiger charge is -2.27. The van der Waals surface area contributed by atoms with E-state index in [2.05, 4.69) is 30.9 Å². The van der Waals surface area contributed by atoms with Gasteiger partial charge < -0.3 is 10.6 Å². The summed E-state index contributed by atoms with van der Waals surface area (Å²) in [7, 11) is 0. The normalized spacial score (nSPS) is 16.0. The summed E-state index contributed by atoms with van der Waals surface area (Å²) in [5, 5.41) is 4.38. The highest BCUT2D eigenvalue weighted by molar-refractivity contribution is 9.10. The van der Waals surface area contributed by atoms with E-state index in [1.54, 1.807) is 0 Å². The van der Waals surface area contributed by atoms with Crippen molar-refractivity contribution in [2.45, 2.75) is 6.54 Å². The zero-order chi connectivity index (χ0) is 15.4. The number of nitrogens with zero attached hydrogens (tertiary/aromatic N) is 4. The summed E-state index contributed by atoms with van der Waals surface area (Å²) in [5.74, 6) is 2.88. The number of benzene rings is 1. The number of halogens is 1. The molecular formula is C15H18BrN5S. The summed E-state index contributed by atoms with van der Waals surface area (Å²) < 4.78 is 2.91. The van der Waals surface area contributed by atoms with Gasteiger partial charge in [-0.05, 0) is 24.3 Å². The lowest BCUT2D eigenvalue weighted by Crippen LogP contribution is -2.42. The molecule has 0 bridgehead atoms. The maximum absolute atomic E-state index is 6.07. The summed E-state index contributed by atoms with van der Waals surface area (Å²) >= 11 is 5.40. The minimum absolute atomic E-state index is 0.562. The van der Waals surface area contributed by atoms with Crippen LogP contribution in [0.25, 0.3) is 5.69 Å². The maximum Gasteiger partial charge on any atom is 0.191 e. The third kappa shape index (κ3) is 3.84. The van der Waals surface area contributed by atoms with E-state index >= 15 is 0 Å². The van der Waals surface area contributed by atoms with Crippen LogP contribution < -0.4 is 5.73 Å². The van der Waals surface area contributed by atoms with E-state index < -0.39 is 0 Å². The van der Waals surface area contributed by atoms with Crippen molar-refractivity contribution in [2.75, 3.05) is 24.6 Å². The van der Waals surface area contributed by atoms with Gasteiger partial charge in [0.2, 0.25) is 0 Å². The average Bonchev–Trinajstić information content (AvgIpc) is 3.03. The zero-order valence-corrected chi connectivity index (χ0v) is 14.6. The van der Waals surface area contributed by atoms with Crippen LogP contribution in [0.15, 0.2) is 46.1 Å². The van der Waals surface area contributed by atoms with Gasteiger partial charge in [-0.1, -0.05) is 15.9 Å². The average molecular weight is 380 g/mol. The molecule has 0 aliphatic carbocycles. The zero-order valence-electron chi connectivity index (χ0n) is 12.2. The van der Waals surface area contributed by atoms with Crippen molar-refractivity contribution in [2.24, 2.45) is 10.7 Å². The molecule has 1 saturated heterocycles. The Morgan fingerprint density at radius 2 is 2.00 bits per heavy atom. The molecule has 0 unspecified atom stereocenters. The smallest absolute Gasteiger partial charge is 0.191 e. The van der Waals surface area contributed by atoms with Crippen LogP contribution >= 0.6 is 27.7 Å². The van der Waals surface area contributed by atoms with Gasteiger partial charge in [0.1, 0.15) is 0 Å². The minimum Gasteiger partial charge on any atom is -0.370 e. The van der Waals surface area contributed by atoms with Crippen molar-refractivity contribution in [3.8, 4) is 5.69 Å². The molecule has 0 atom stereocenters. The van der Waals surface area contributed by atoms with Crippen LogP contribution in [0.2, 0.25) is 0 Å². The Hall–Kier alpha value is -1.47. The van der Waals surface area contributed by atoms with Crippen LogP contribution in [0.4, 0.5) is 0 Å². The SMILES string of the molecule is NC(=NCc1cnn(-c2ccc(Br)cc2)c1)N1CCSCC1. The molecule has 1 aliphatic heterocycles. The van der Waals surface area contributed by atoms with Crippen molar-refractivity contribution in [3.63, 3.8) is 0 Å². The van der Waals surface area contributed by atoms with E-state index in [-0.39, 0.29) is 0 Å². The topological polar surface area (TPSA) is 59.4 Å². The lowest BCUT2D eigenvalue weighted by atomic mass is 10.3. The van der Waals surface area contributed by atoms with E-state index in [4.69, 9.17) is 5.73 Å². The highest BCUT2D eigenvalue weighted by atomic mass is 79.9. The first-order chi connectivity index (χ1) is 10.7. The number of hydrogen-bond acceptors (Lipinski definition) is 3. The molecule has 3 rings (SSSR count). The summed E-state index contributed by atoms with van der Waals surface area (Å²) in [5.41, 5.74) is 8.15. The van der Waals surface area contributed by atoms with E-state index in [9.17, 15) is 0 Å². The van der Waals surface area contributed by atoms with Gasteiger partial charge in [0, 0.05) is 40.8 Å². The molecule has 1 aromatic carbocycles. The Morgan fingerprint density at radius 3 is 2.73 bits per heavy atom. The van der Waals surface area contributed by atoms with Gasteiger partial charge in [-0.2, -0.15) is 16.9 Å². The molecule has 7 heteroatoms. The Balaban J connectivity index is 1.65. The van der Waals surface area contributed by atoms with Crippen LogP contribution in [0.1, 0.15) is 5.56 Å². The highest BCUT2D eigenvalue weighted by Gasteiger charge is 2.12. The first kappa shape index (κ1) is 15.4. The van der Waals surface area contributed by atoms with Gasteiger partial charge in [-0.15, -0.1) is 0 Å². The van der Waals surface area contributed by atoms with Gasteiger partial charge in [-0.25, -0.2) is 9.67 Å². The van der Waals surface area contributed by atoms with Crippen LogP contribution in [-0.2, 0) is 6.54 Å². The minimum atomic E-state index is 0.562. The number of rotatable bonds is 3. The summed E-state index contributed by atoms with van der Waals surface area (Å²) in [6, 6.07) is 8.04. The monoisotopic (exact) mass is 379 g/mol. The first-order valence-electron chi connectivity index (χ1n) is 7.14. The van der Waals surface area contributed by atoms with Crippen LogP contribution in [0.5, 0.6) is 0 Å². The fourth-order valence-corrected chi connectivity index (χ4v) is 3.41. The van der Waals surface area contributed by atoms with Crippen molar-refractivity contribution in [1.82, 2.24) is 14.7 Å². The molecule has 0 radical (unpaired) electrons. The Kier molecular flexibility index (Phi) is 5.04. The number of nitrogens with two attached hydrogens (primary N) is 1. The second-order valence-corrected chi connectivity index (χ2v) is 7.18. The molecule has 2 N–H and O–H groups in total. The van der Waals surface area contributed by atoms with Gasteiger partial charge in [0.05, 0.1) is 18.4 Å². The molecule has 2 heterocycles. The molecule has 1 fully saturated rings. The molecule has 0 spiro atoms. The van der Waals surface area contributed by atoms with Gasteiger partial charge in [0.15, 0.2) is 5.96 Å². The molecule has 1 aliphatic rings. The molecule has 5 nitrogen and oxygen atoms in total. The van der Waals surface area contributed by atoms with Crippen molar-refractivity contribution in [1.29, 1.82) is 0 Å². The standard InChI is InChI=1S/C15H18BrN5S/c16-13-1-3-14(4-2-13)21-11-12(10-19-21)9-18-15(17)20-5-7-22-8-6-20/h1-4,10-11H,5-9H2,(H2,17,18). The molecular weight excluding hydrogens is 362 g/mol. The second-order valence-electron chi connectivity index (χ2n) is 5.04. The predicted octanol–water partition coefficient (Wildman–Crippen LogP) is 2.50. The Bertz CT molecular complexity index is 646. The highest BCUT2D eigenvalue weighted by Crippen LogP contribution is 2.14. The van der Waals surface area contributed by atoms with Gasteiger partial charge in [-0.3, -0.25) is 0 Å². The van der Waals surface area contributed by atoms with E-state index in [0.29, 0.717) is 12.5 Å². The fourth-order valence-electron chi connectivity index (χ4n) is 2.24. The molecule has 0 saturated carbocycles. The molecule has 1 aromatic heterocycles. The lowest BCUT2D eigenvalue weighted by molar-refractivity contribution is 0.455. The number of aliphatic imine (C=N–C) groups is 1. The van der Waals surface area contributed by atoms with Crippen LogP contribution in [0.3, 0.4) is 0 Å². The Labute approximate surface area is 142 Å². The summed E-state index contributed by atoms with van der Waals surface area (Å²) in [6.07, 6.45) is 3.83. The number of hydrogen-bond donors (Lipinski definition) is 1. The van der Waals surface area contributed by atoms with Crippen molar-refractivity contribution < 1.29 is 0 Å². The molecule has 0 amide bonds. The van der Waals surface area contributed by atoms with Crippen molar-refractivity contribution in [3.05, 3.63) is 46.7 Å². The third-order valence-electron chi connectivity index (χ3n) is 3.49. The summed E-state index contributed by atoms with van der Waals surface area (Å²) in [6.45, 7) is 2.53. The summed E-state index contributed by atoms with van der Waals surface area (Å²) in [4.78, 5) is 6.64. The first-order valence-corrected chi connectivity index (χ1v) is 9.09. The van der Waals surface area contributed by atoms with E-state index in [1.165, 1.54) is 0 Å². The predicted molar refractivity (Wildman–Crippen MR) is 95.5 cm³/mol. The van der Waals surface area contributed by atoms with E-state index in [0.717, 1.165) is 40.3 Å². The molecule has 2 aromatic rings. The van der Waals surface area contributed by atoms with Crippen LogP contribution in [0, 0.1) is 0 Å². The number of aromatic nitrogens is 2. The number of thioether (sulfide) groups is 1. The second kappa shape index (κ2) is 7.19. The fraction of sp³-hybridized carbons (Fsp3) is 0.333. The van der Waals surface area contributed by atoms with Gasteiger partial charge in [0.25, 0.3) is 0 Å². The third-order valence-corrected chi connectivity index (χ3v) is 4.96. The molecule has 116 valence electrons. The van der Waals surface area contributed by atoms with Gasteiger partial charge >= 0.3 is 0 Å².